The fourth-order valence-corrected chi connectivity index (χ4v) is 5.01. The topological polar surface area (TPSA) is 59.0 Å². The molecule has 1 N–H and O–H groups in total. The van der Waals surface area contributed by atoms with E-state index in [1.54, 1.807) is 0 Å². The minimum absolute atomic E-state index is 0.0112. The molecule has 1 aromatic rings. The molecule has 27 heavy (non-hydrogen) atoms. The number of carboxylic acid groups (broad SMARTS) is 1. The van der Waals surface area contributed by atoms with Crippen molar-refractivity contribution in [3.05, 3.63) is 29.3 Å². The van der Waals surface area contributed by atoms with Crippen LogP contribution in [0, 0.1) is 5.92 Å². The number of carbonyl (C=O) groups is 1. The number of hydrogen-bond acceptors (Lipinski definition) is 4. The lowest BCUT2D eigenvalue weighted by Crippen LogP contribution is -2.54. The number of nitrogens with zero attached hydrogens (tertiary/aromatic N) is 1. The Balaban J connectivity index is 1.68. The van der Waals surface area contributed by atoms with Crippen molar-refractivity contribution in [1.82, 2.24) is 4.90 Å². The van der Waals surface area contributed by atoms with Crippen LogP contribution in [0.3, 0.4) is 0 Å². The van der Waals surface area contributed by atoms with Crippen molar-refractivity contribution >= 4 is 5.97 Å². The molecule has 0 aromatic heterocycles. The van der Waals surface area contributed by atoms with E-state index in [0.717, 1.165) is 30.7 Å². The molecular weight excluding hydrogens is 342 g/mol. The first kappa shape index (κ1) is 18.8. The monoisotopic (exact) mass is 373 g/mol. The van der Waals surface area contributed by atoms with Crippen LogP contribution in [-0.2, 0) is 14.9 Å². The first-order valence-corrected chi connectivity index (χ1v) is 10.0. The average molecular weight is 373 g/mol. The van der Waals surface area contributed by atoms with Gasteiger partial charge < -0.3 is 14.6 Å². The molecule has 0 unspecified atom stereocenters. The quantitative estimate of drug-likeness (QED) is 0.855. The summed E-state index contributed by atoms with van der Waals surface area (Å²) in [5, 5.41) is 9.23. The van der Waals surface area contributed by atoms with Crippen molar-refractivity contribution in [2.75, 3.05) is 13.1 Å². The molecule has 2 saturated heterocycles. The maximum Gasteiger partial charge on any atom is 0.317 e. The minimum Gasteiger partial charge on any atom is -0.487 e. The molecular formula is C22H31NO4. The highest BCUT2D eigenvalue weighted by Gasteiger charge is 2.53. The van der Waals surface area contributed by atoms with Gasteiger partial charge >= 0.3 is 5.97 Å². The second kappa shape index (κ2) is 6.21. The predicted octanol–water partition coefficient (Wildman–Crippen LogP) is 3.76. The summed E-state index contributed by atoms with van der Waals surface area (Å²) in [6, 6.07) is 6.67. The van der Waals surface area contributed by atoms with E-state index >= 15 is 0 Å². The lowest BCUT2D eigenvalue weighted by Gasteiger charge is -2.51. The Morgan fingerprint density at radius 1 is 1.33 bits per heavy atom. The van der Waals surface area contributed by atoms with Gasteiger partial charge in [-0.15, -0.1) is 0 Å². The fraction of sp³-hybridized carbons (Fsp3) is 0.682. The molecule has 5 heteroatoms. The molecule has 0 spiro atoms. The normalized spacial score (nSPS) is 32.2. The third-order valence-corrected chi connectivity index (χ3v) is 6.57. The molecule has 0 bridgehead atoms. The van der Waals surface area contributed by atoms with Crippen LogP contribution in [-0.4, -0.2) is 46.8 Å². The molecule has 0 amide bonds. The zero-order valence-corrected chi connectivity index (χ0v) is 17.0. The van der Waals surface area contributed by atoms with Crippen molar-refractivity contribution in [3.63, 3.8) is 0 Å². The Bertz CT molecular complexity index is 751. The highest BCUT2D eigenvalue weighted by molar-refractivity contribution is 5.69. The number of rotatable bonds is 2. The summed E-state index contributed by atoms with van der Waals surface area (Å²) in [4.78, 5) is 13.3. The minimum atomic E-state index is -0.767. The van der Waals surface area contributed by atoms with E-state index in [9.17, 15) is 9.90 Å². The summed E-state index contributed by atoms with van der Waals surface area (Å²) in [6.07, 6.45) is 1.92. The van der Waals surface area contributed by atoms with Crippen molar-refractivity contribution in [2.24, 2.45) is 5.92 Å². The largest absolute Gasteiger partial charge is 0.487 e. The summed E-state index contributed by atoms with van der Waals surface area (Å²) in [5.41, 5.74) is 2.17. The molecule has 2 fully saturated rings. The van der Waals surface area contributed by atoms with Gasteiger partial charge in [-0.3, -0.25) is 9.69 Å². The summed E-state index contributed by atoms with van der Waals surface area (Å²) in [6.45, 7) is 11.8. The van der Waals surface area contributed by atoms with Crippen molar-refractivity contribution in [1.29, 1.82) is 0 Å². The summed E-state index contributed by atoms with van der Waals surface area (Å²) < 4.78 is 13.0. The van der Waals surface area contributed by atoms with E-state index in [1.165, 1.54) is 5.56 Å². The van der Waals surface area contributed by atoms with Gasteiger partial charge in [0, 0.05) is 24.1 Å². The van der Waals surface area contributed by atoms with Gasteiger partial charge in [0.25, 0.3) is 0 Å². The standard InChI is InChI=1S/C22H31NO4/c1-21(2,3)13-6-7-17-14(10-13)20-15(22(4,5)27-17)11-16-18(26-20)8-9-23(16)12-19(24)25/h6-7,10,15-16,18,20H,8-9,11-12H2,1-5H3,(H,24,25)/t15-,16-,18-,20+/m1/s1. The van der Waals surface area contributed by atoms with Crippen LogP contribution in [0.5, 0.6) is 5.75 Å². The van der Waals surface area contributed by atoms with E-state index in [0.29, 0.717) is 0 Å². The van der Waals surface area contributed by atoms with Crippen LogP contribution in [0.25, 0.3) is 0 Å². The molecule has 4 rings (SSSR count). The van der Waals surface area contributed by atoms with Crippen LogP contribution < -0.4 is 4.74 Å². The first-order valence-electron chi connectivity index (χ1n) is 10.0. The smallest absolute Gasteiger partial charge is 0.317 e. The maximum atomic E-state index is 11.2. The zero-order chi connectivity index (χ0) is 19.6. The molecule has 0 aliphatic carbocycles. The van der Waals surface area contributed by atoms with Crippen molar-refractivity contribution in [2.45, 2.75) is 76.7 Å². The summed E-state index contributed by atoms with van der Waals surface area (Å²) in [7, 11) is 0. The third-order valence-electron chi connectivity index (χ3n) is 6.57. The van der Waals surface area contributed by atoms with E-state index in [-0.39, 0.29) is 41.7 Å². The number of benzene rings is 1. The highest BCUT2D eigenvalue weighted by Crippen LogP contribution is 2.53. The maximum absolute atomic E-state index is 11.2. The van der Waals surface area contributed by atoms with Gasteiger partial charge in [-0.25, -0.2) is 0 Å². The van der Waals surface area contributed by atoms with E-state index < -0.39 is 5.97 Å². The molecule has 0 radical (unpaired) electrons. The second-order valence-corrected chi connectivity index (χ2v) is 9.87. The number of likely N-dealkylation sites (tertiary alicyclic amines) is 1. The Morgan fingerprint density at radius 2 is 2.07 bits per heavy atom. The van der Waals surface area contributed by atoms with Gasteiger partial charge in [0.05, 0.1) is 18.8 Å². The van der Waals surface area contributed by atoms with Gasteiger partial charge in [-0.05, 0) is 49.8 Å². The SMILES string of the molecule is CC(C)(C)c1ccc2c(c1)[C@@H]1O[C@@H]3CCN(CC(=O)O)[C@@H]3C[C@H]1C(C)(C)O2. The Labute approximate surface area is 161 Å². The number of aliphatic carboxylic acids is 1. The van der Waals surface area contributed by atoms with Gasteiger partial charge in [0.15, 0.2) is 0 Å². The highest BCUT2D eigenvalue weighted by atomic mass is 16.5. The van der Waals surface area contributed by atoms with Crippen LogP contribution in [0.2, 0.25) is 0 Å². The number of hydrogen-bond donors (Lipinski definition) is 1. The fourth-order valence-electron chi connectivity index (χ4n) is 5.01. The van der Waals surface area contributed by atoms with Gasteiger partial charge in [0.1, 0.15) is 11.4 Å². The van der Waals surface area contributed by atoms with E-state index in [1.807, 2.05) is 0 Å². The van der Waals surface area contributed by atoms with Crippen LogP contribution in [0.1, 0.15) is 64.7 Å². The van der Waals surface area contributed by atoms with Crippen molar-refractivity contribution in [3.8, 4) is 5.75 Å². The molecule has 1 aromatic carbocycles. The van der Waals surface area contributed by atoms with E-state index in [4.69, 9.17) is 9.47 Å². The lowest BCUT2D eigenvalue weighted by atomic mass is 9.73. The first-order chi connectivity index (χ1) is 12.6. The second-order valence-electron chi connectivity index (χ2n) is 9.87. The molecule has 0 saturated carbocycles. The van der Waals surface area contributed by atoms with Crippen molar-refractivity contribution < 1.29 is 19.4 Å². The molecule has 148 valence electrons. The van der Waals surface area contributed by atoms with E-state index in [2.05, 4.69) is 57.7 Å². The van der Waals surface area contributed by atoms with Gasteiger partial charge in [0.2, 0.25) is 0 Å². The number of fused-ring (bicyclic) bond motifs is 4. The third kappa shape index (κ3) is 3.25. The lowest BCUT2D eigenvalue weighted by molar-refractivity contribution is -0.164. The van der Waals surface area contributed by atoms with Gasteiger partial charge in [-0.1, -0.05) is 26.8 Å². The van der Waals surface area contributed by atoms with Crippen LogP contribution in [0.4, 0.5) is 0 Å². The molecule has 3 aliphatic rings. The zero-order valence-electron chi connectivity index (χ0n) is 17.0. The summed E-state index contributed by atoms with van der Waals surface area (Å²) >= 11 is 0. The van der Waals surface area contributed by atoms with Crippen LogP contribution in [0.15, 0.2) is 18.2 Å². The Kier molecular flexibility index (Phi) is 4.32. The predicted molar refractivity (Wildman–Crippen MR) is 103 cm³/mol. The summed E-state index contributed by atoms with van der Waals surface area (Å²) in [5.74, 6) is 0.362. The van der Waals surface area contributed by atoms with Gasteiger partial charge in [-0.2, -0.15) is 0 Å². The van der Waals surface area contributed by atoms with Crippen LogP contribution >= 0.6 is 0 Å². The number of carboxylic acids is 1. The Morgan fingerprint density at radius 3 is 2.74 bits per heavy atom. The average Bonchev–Trinajstić information content (AvgIpc) is 2.93. The molecule has 4 atom stereocenters. The molecule has 3 aliphatic heterocycles. The number of ether oxygens (including phenoxy) is 2. The molecule has 5 nitrogen and oxygen atoms in total. The molecule has 3 heterocycles. The Hall–Kier alpha value is -1.59.